The quantitative estimate of drug-likeness (QED) is 0.688. The lowest BCUT2D eigenvalue weighted by Crippen LogP contribution is -2.24. The number of hydrogen-bond acceptors (Lipinski definition) is 4. The molecule has 1 atom stereocenters. The number of aromatic amines is 1. The zero-order valence-corrected chi connectivity index (χ0v) is 15.1. The number of ether oxygens (including phenoxy) is 1. The number of rotatable bonds is 5. The first-order valence-electron chi connectivity index (χ1n) is 8.27. The van der Waals surface area contributed by atoms with E-state index in [9.17, 15) is 4.79 Å². The molecule has 2 heterocycles. The van der Waals surface area contributed by atoms with Crippen molar-refractivity contribution in [2.45, 2.75) is 36.4 Å². The summed E-state index contributed by atoms with van der Waals surface area (Å²) in [6.45, 7) is 1.32. The molecule has 130 valence electrons. The lowest BCUT2D eigenvalue weighted by molar-refractivity contribution is 0.0941. The van der Waals surface area contributed by atoms with Crippen LogP contribution in [0.2, 0.25) is 5.02 Å². The molecule has 0 saturated carbocycles. The van der Waals surface area contributed by atoms with E-state index in [1.54, 1.807) is 4.57 Å². The molecule has 1 unspecified atom stereocenters. The largest absolute Gasteiger partial charge is 0.376 e. The van der Waals surface area contributed by atoms with E-state index in [1.807, 2.05) is 24.3 Å². The van der Waals surface area contributed by atoms with E-state index in [1.165, 1.54) is 17.1 Å². The van der Waals surface area contributed by atoms with Crippen molar-refractivity contribution >= 4 is 34.1 Å². The van der Waals surface area contributed by atoms with Crippen molar-refractivity contribution in [1.29, 1.82) is 0 Å². The highest BCUT2D eigenvalue weighted by Crippen LogP contribution is 2.29. The van der Waals surface area contributed by atoms with Crippen LogP contribution in [0.1, 0.15) is 18.4 Å². The van der Waals surface area contributed by atoms with Crippen molar-refractivity contribution in [3.63, 3.8) is 0 Å². The highest BCUT2D eigenvalue weighted by molar-refractivity contribution is 7.98. The van der Waals surface area contributed by atoms with Gasteiger partial charge in [-0.05, 0) is 41.3 Å². The summed E-state index contributed by atoms with van der Waals surface area (Å²) in [4.78, 5) is 12.1. The van der Waals surface area contributed by atoms with Crippen molar-refractivity contribution in [2.24, 2.45) is 0 Å². The second-order valence-electron chi connectivity index (χ2n) is 6.13. The van der Waals surface area contributed by atoms with Crippen LogP contribution in [-0.4, -0.2) is 27.5 Å². The molecule has 1 aliphatic heterocycles. The Morgan fingerprint density at radius 1 is 1.36 bits per heavy atom. The second-order valence-corrected chi connectivity index (χ2v) is 7.51. The maximum Gasteiger partial charge on any atom is 0.344 e. The minimum absolute atomic E-state index is 0.0987. The van der Waals surface area contributed by atoms with Crippen LogP contribution < -0.4 is 5.69 Å². The van der Waals surface area contributed by atoms with Crippen LogP contribution in [0.15, 0.2) is 46.3 Å². The molecule has 5 nitrogen and oxygen atoms in total. The lowest BCUT2D eigenvalue weighted by Gasteiger charge is -2.11. The molecule has 0 bridgehead atoms. The third-order valence-corrected chi connectivity index (χ3v) is 5.65. The van der Waals surface area contributed by atoms with E-state index in [0.29, 0.717) is 22.5 Å². The normalized spacial score (nSPS) is 17.4. The van der Waals surface area contributed by atoms with Gasteiger partial charge in [0.15, 0.2) is 5.16 Å². The van der Waals surface area contributed by atoms with Gasteiger partial charge in [0, 0.05) is 17.4 Å². The fourth-order valence-electron chi connectivity index (χ4n) is 3.18. The molecular weight excluding hydrogens is 358 g/mol. The van der Waals surface area contributed by atoms with E-state index in [2.05, 4.69) is 22.3 Å². The fourth-order valence-corrected chi connectivity index (χ4v) is 4.37. The molecule has 1 saturated heterocycles. The summed E-state index contributed by atoms with van der Waals surface area (Å²) in [6, 6.07) is 12.1. The van der Waals surface area contributed by atoms with E-state index in [4.69, 9.17) is 16.3 Å². The van der Waals surface area contributed by atoms with Crippen molar-refractivity contribution < 1.29 is 4.74 Å². The maximum absolute atomic E-state index is 12.1. The first-order valence-corrected chi connectivity index (χ1v) is 9.64. The first-order chi connectivity index (χ1) is 12.2. The van der Waals surface area contributed by atoms with E-state index < -0.39 is 0 Å². The lowest BCUT2D eigenvalue weighted by atomic mass is 10.1. The summed E-state index contributed by atoms with van der Waals surface area (Å²) in [6.07, 6.45) is 2.14. The molecule has 0 amide bonds. The van der Waals surface area contributed by atoms with E-state index in [0.717, 1.165) is 30.4 Å². The zero-order chi connectivity index (χ0) is 17.2. The summed E-state index contributed by atoms with van der Waals surface area (Å²) in [5, 5.41) is 10.4. The summed E-state index contributed by atoms with van der Waals surface area (Å²) >= 11 is 7.79. The molecular formula is C18H18ClN3O2S. The fraction of sp³-hybridized carbons (Fsp3) is 0.333. The van der Waals surface area contributed by atoms with Crippen LogP contribution in [-0.2, 0) is 17.0 Å². The SMILES string of the molecule is O=c1[nH]nc(SCc2cc(Cl)cc3ccccc23)n1CC1CCCO1. The Bertz CT molecular complexity index is 947. The van der Waals surface area contributed by atoms with Gasteiger partial charge < -0.3 is 4.74 Å². The van der Waals surface area contributed by atoms with Crippen LogP contribution in [0.4, 0.5) is 0 Å². The minimum atomic E-state index is -0.186. The van der Waals surface area contributed by atoms with E-state index in [-0.39, 0.29) is 11.8 Å². The van der Waals surface area contributed by atoms with Gasteiger partial charge in [-0.15, -0.1) is 5.10 Å². The van der Waals surface area contributed by atoms with Gasteiger partial charge in [0.2, 0.25) is 0 Å². The number of halogens is 1. The Hall–Kier alpha value is -1.76. The van der Waals surface area contributed by atoms with E-state index >= 15 is 0 Å². The maximum atomic E-state index is 12.1. The molecule has 2 aromatic carbocycles. The number of aromatic nitrogens is 3. The predicted molar refractivity (Wildman–Crippen MR) is 100 cm³/mol. The summed E-state index contributed by atoms with van der Waals surface area (Å²) < 4.78 is 7.32. The molecule has 1 N–H and O–H groups in total. The van der Waals surface area contributed by atoms with Crippen molar-refractivity contribution in [3.8, 4) is 0 Å². The van der Waals surface area contributed by atoms with Crippen LogP contribution >= 0.6 is 23.4 Å². The van der Waals surface area contributed by atoms with Gasteiger partial charge in [0.25, 0.3) is 0 Å². The standard InChI is InChI=1S/C18H18ClN3O2S/c19-14-8-12-4-1-2-6-16(12)13(9-14)11-25-18-21-20-17(23)22(18)10-15-5-3-7-24-15/h1-2,4,6,8-9,15H,3,5,7,10-11H2,(H,20,23). The Balaban J connectivity index is 1.57. The topological polar surface area (TPSA) is 59.9 Å². The number of thioether (sulfide) groups is 1. The second kappa shape index (κ2) is 7.23. The van der Waals surface area contributed by atoms with Crippen LogP contribution in [0, 0.1) is 0 Å². The van der Waals surface area contributed by atoms with Gasteiger partial charge >= 0.3 is 5.69 Å². The van der Waals surface area contributed by atoms with Gasteiger partial charge in [0.05, 0.1) is 12.6 Å². The molecule has 1 aliphatic rings. The van der Waals surface area contributed by atoms with Crippen LogP contribution in [0.25, 0.3) is 10.8 Å². The summed E-state index contributed by atoms with van der Waals surface area (Å²) in [5.74, 6) is 0.691. The van der Waals surface area contributed by atoms with Crippen LogP contribution in [0.5, 0.6) is 0 Å². The Morgan fingerprint density at radius 3 is 3.08 bits per heavy atom. The highest BCUT2D eigenvalue weighted by atomic mass is 35.5. The summed E-state index contributed by atoms with van der Waals surface area (Å²) in [7, 11) is 0. The Labute approximate surface area is 154 Å². The van der Waals surface area contributed by atoms with Crippen molar-refractivity contribution in [2.75, 3.05) is 6.61 Å². The monoisotopic (exact) mass is 375 g/mol. The highest BCUT2D eigenvalue weighted by Gasteiger charge is 2.19. The van der Waals surface area contributed by atoms with Crippen molar-refractivity contribution in [3.05, 3.63) is 57.5 Å². The number of H-pyrrole nitrogens is 1. The molecule has 25 heavy (non-hydrogen) atoms. The first kappa shape index (κ1) is 16.7. The number of benzene rings is 2. The average molecular weight is 376 g/mol. The molecule has 1 fully saturated rings. The third-order valence-electron chi connectivity index (χ3n) is 4.40. The minimum Gasteiger partial charge on any atom is -0.376 e. The molecule has 0 radical (unpaired) electrons. The predicted octanol–water partition coefficient (Wildman–Crippen LogP) is 3.85. The van der Waals surface area contributed by atoms with Gasteiger partial charge in [-0.25, -0.2) is 9.89 Å². The Kier molecular flexibility index (Phi) is 4.83. The number of nitrogens with zero attached hydrogens (tertiary/aromatic N) is 2. The average Bonchev–Trinajstić information content (AvgIpc) is 3.24. The smallest absolute Gasteiger partial charge is 0.344 e. The molecule has 4 rings (SSSR count). The molecule has 3 aromatic rings. The Morgan fingerprint density at radius 2 is 2.24 bits per heavy atom. The molecule has 0 spiro atoms. The number of nitrogens with one attached hydrogen (secondary N) is 1. The van der Waals surface area contributed by atoms with Gasteiger partial charge in [0.1, 0.15) is 0 Å². The van der Waals surface area contributed by atoms with Gasteiger partial charge in [-0.3, -0.25) is 4.57 Å². The van der Waals surface area contributed by atoms with Gasteiger partial charge in [-0.2, -0.15) is 0 Å². The molecule has 7 heteroatoms. The number of fused-ring (bicyclic) bond motifs is 1. The van der Waals surface area contributed by atoms with Gasteiger partial charge in [-0.1, -0.05) is 47.6 Å². The summed E-state index contributed by atoms with van der Waals surface area (Å²) in [5.41, 5.74) is 0.946. The third kappa shape index (κ3) is 3.61. The van der Waals surface area contributed by atoms with Crippen molar-refractivity contribution in [1.82, 2.24) is 14.8 Å². The van der Waals surface area contributed by atoms with Crippen LogP contribution in [0.3, 0.4) is 0 Å². The zero-order valence-electron chi connectivity index (χ0n) is 13.6. The number of hydrogen-bond donors (Lipinski definition) is 1. The molecule has 0 aliphatic carbocycles. The molecule has 1 aromatic heterocycles.